The molecular weight excluding hydrogens is 412 g/mol. The van der Waals surface area contributed by atoms with Crippen molar-refractivity contribution < 1.29 is 23.2 Å². The zero-order chi connectivity index (χ0) is 21.0. The highest BCUT2D eigenvalue weighted by molar-refractivity contribution is 7.92. The van der Waals surface area contributed by atoms with E-state index in [1.165, 1.54) is 23.5 Å². The lowest BCUT2D eigenvalue weighted by Gasteiger charge is -2.26. The van der Waals surface area contributed by atoms with Crippen LogP contribution in [0.5, 0.6) is 5.75 Å². The summed E-state index contributed by atoms with van der Waals surface area (Å²) in [5, 5.41) is 10.8. The standard InChI is InChI=1S/C20H20N2O5S2/c1-14-13-28-19(20(23)21-24)18(14)22(12-15-6-4-3-5-7-15)29(25,26)17-10-8-16(27-2)9-11-17/h3-11,13,24H,12H2,1-2H3,(H,21,23). The number of aryl methyl sites for hydroxylation is 1. The third-order valence-electron chi connectivity index (χ3n) is 4.32. The molecular formula is C20H20N2O5S2. The van der Waals surface area contributed by atoms with Crippen LogP contribution in [0.25, 0.3) is 0 Å². The quantitative estimate of drug-likeness (QED) is 0.439. The van der Waals surface area contributed by atoms with Gasteiger partial charge in [-0.2, -0.15) is 0 Å². The van der Waals surface area contributed by atoms with Crippen LogP contribution in [0.3, 0.4) is 0 Å². The molecule has 0 saturated heterocycles. The second kappa shape index (κ2) is 8.64. The molecule has 152 valence electrons. The Labute approximate surface area is 173 Å². The van der Waals surface area contributed by atoms with Crippen LogP contribution in [0.15, 0.2) is 64.9 Å². The first-order chi connectivity index (χ1) is 13.9. The Morgan fingerprint density at radius 3 is 2.38 bits per heavy atom. The van der Waals surface area contributed by atoms with Crippen LogP contribution in [0.1, 0.15) is 20.8 Å². The van der Waals surface area contributed by atoms with Crippen LogP contribution in [-0.4, -0.2) is 26.6 Å². The van der Waals surface area contributed by atoms with Crippen LogP contribution >= 0.6 is 11.3 Å². The van der Waals surface area contributed by atoms with E-state index in [2.05, 4.69) is 0 Å². The molecule has 0 spiro atoms. The summed E-state index contributed by atoms with van der Waals surface area (Å²) in [7, 11) is -2.51. The summed E-state index contributed by atoms with van der Waals surface area (Å²) >= 11 is 1.07. The maximum absolute atomic E-state index is 13.5. The van der Waals surface area contributed by atoms with Crippen LogP contribution in [0, 0.1) is 6.92 Å². The Morgan fingerprint density at radius 1 is 1.14 bits per heavy atom. The molecule has 1 heterocycles. The predicted molar refractivity (Wildman–Crippen MR) is 111 cm³/mol. The number of ether oxygens (including phenoxy) is 1. The summed E-state index contributed by atoms with van der Waals surface area (Å²) in [4.78, 5) is 12.3. The maximum atomic E-state index is 13.5. The number of carbonyl (C=O) groups is 1. The second-order valence-corrected chi connectivity index (χ2v) is 8.95. The minimum atomic E-state index is -4.01. The Kier molecular flexibility index (Phi) is 6.21. The molecule has 29 heavy (non-hydrogen) atoms. The minimum absolute atomic E-state index is 0.0263. The number of hydrogen-bond donors (Lipinski definition) is 2. The van der Waals surface area contributed by atoms with E-state index < -0.39 is 15.9 Å². The van der Waals surface area contributed by atoms with Crippen molar-refractivity contribution in [3.63, 3.8) is 0 Å². The fourth-order valence-electron chi connectivity index (χ4n) is 2.87. The van der Waals surface area contributed by atoms with Crippen molar-refractivity contribution in [1.29, 1.82) is 0 Å². The fourth-order valence-corrected chi connectivity index (χ4v) is 5.40. The third-order valence-corrected chi connectivity index (χ3v) is 7.16. The average molecular weight is 433 g/mol. The Hall–Kier alpha value is -2.88. The molecule has 0 aliphatic rings. The Balaban J connectivity index is 2.16. The van der Waals surface area contributed by atoms with Gasteiger partial charge in [0.2, 0.25) is 0 Å². The Morgan fingerprint density at radius 2 is 1.79 bits per heavy atom. The first-order valence-corrected chi connectivity index (χ1v) is 10.9. The molecule has 3 aromatic rings. The number of carbonyl (C=O) groups excluding carboxylic acids is 1. The fraction of sp³-hybridized carbons (Fsp3) is 0.150. The van der Waals surface area contributed by atoms with Crippen LogP contribution in [0.2, 0.25) is 0 Å². The van der Waals surface area contributed by atoms with Gasteiger partial charge in [0.1, 0.15) is 10.6 Å². The number of anilines is 1. The molecule has 0 fully saturated rings. The smallest absolute Gasteiger partial charge is 0.286 e. The number of thiophene rings is 1. The van der Waals surface area contributed by atoms with E-state index in [9.17, 15) is 13.2 Å². The van der Waals surface area contributed by atoms with Gasteiger partial charge in [-0.25, -0.2) is 13.9 Å². The number of sulfonamides is 1. The first-order valence-electron chi connectivity index (χ1n) is 8.61. The number of hydrogen-bond acceptors (Lipinski definition) is 6. The third kappa shape index (κ3) is 4.26. The molecule has 0 aliphatic heterocycles. The van der Waals surface area contributed by atoms with Crippen molar-refractivity contribution in [2.45, 2.75) is 18.4 Å². The normalized spacial score (nSPS) is 11.1. The zero-order valence-electron chi connectivity index (χ0n) is 15.8. The number of amides is 1. The predicted octanol–water partition coefficient (Wildman–Crippen LogP) is 3.58. The second-order valence-electron chi connectivity index (χ2n) is 6.21. The SMILES string of the molecule is COc1ccc(S(=O)(=O)N(Cc2ccccc2)c2c(C)csc2C(=O)NO)cc1. The van der Waals surface area contributed by atoms with Gasteiger partial charge >= 0.3 is 0 Å². The van der Waals surface area contributed by atoms with Crippen molar-refractivity contribution in [2.24, 2.45) is 0 Å². The van der Waals surface area contributed by atoms with Crippen LogP contribution < -0.4 is 14.5 Å². The average Bonchev–Trinajstić information content (AvgIpc) is 3.13. The number of methoxy groups -OCH3 is 1. The summed E-state index contributed by atoms with van der Waals surface area (Å²) in [6.07, 6.45) is 0. The van der Waals surface area contributed by atoms with Gasteiger partial charge in [0, 0.05) is 0 Å². The molecule has 0 unspecified atom stereocenters. The summed E-state index contributed by atoms with van der Waals surface area (Å²) in [6, 6.07) is 15.1. The molecule has 2 aromatic carbocycles. The molecule has 1 amide bonds. The molecule has 9 heteroatoms. The molecule has 0 aliphatic carbocycles. The summed E-state index contributed by atoms with van der Waals surface area (Å²) in [5.41, 5.74) is 3.20. The zero-order valence-corrected chi connectivity index (χ0v) is 17.5. The highest BCUT2D eigenvalue weighted by Gasteiger charge is 2.31. The summed E-state index contributed by atoms with van der Waals surface area (Å²) in [6.45, 7) is 1.75. The monoisotopic (exact) mass is 432 g/mol. The molecule has 7 nitrogen and oxygen atoms in total. The van der Waals surface area contributed by atoms with Gasteiger partial charge in [-0.05, 0) is 47.7 Å². The molecule has 3 rings (SSSR count). The van der Waals surface area contributed by atoms with E-state index in [0.717, 1.165) is 16.9 Å². The van der Waals surface area contributed by atoms with Gasteiger partial charge < -0.3 is 4.74 Å². The van der Waals surface area contributed by atoms with Crippen molar-refractivity contribution in [1.82, 2.24) is 5.48 Å². The molecule has 0 atom stereocenters. The molecule has 1 aromatic heterocycles. The molecule has 0 radical (unpaired) electrons. The number of nitrogens with zero attached hydrogens (tertiary/aromatic N) is 1. The summed E-state index contributed by atoms with van der Waals surface area (Å²) in [5.74, 6) is -0.230. The highest BCUT2D eigenvalue weighted by Crippen LogP contribution is 2.36. The van der Waals surface area contributed by atoms with Gasteiger partial charge in [-0.1, -0.05) is 30.3 Å². The maximum Gasteiger partial charge on any atom is 0.286 e. The Bertz CT molecular complexity index is 1090. The number of benzene rings is 2. The van der Waals surface area contributed by atoms with Gasteiger partial charge in [0.05, 0.1) is 24.2 Å². The van der Waals surface area contributed by atoms with Crippen molar-refractivity contribution in [3.05, 3.63) is 76.0 Å². The highest BCUT2D eigenvalue weighted by atomic mass is 32.2. The van der Waals surface area contributed by atoms with E-state index in [1.54, 1.807) is 29.9 Å². The van der Waals surface area contributed by atoms with E-state index in [4.69, 9.17) is 9.94 Å². The van der Waals surface area contributed by atoms with Gasteiger partial charge in [0.25, 0.3) is 15.9 Å². The van der Waals surface area contributed by atoms with Gasteiger partial charge in [-0.3, -0.25) is 14.3 Å². The van der Waals surface area contributed by atoms with Crippen molar-refractivity contribution in [2.75, 3.05) is 11.4 Å². The van der Waals surface area contributed by atoms with Crippen molar-refractivity contribution in [3.8, 4) is 5.75 Å². The number of nitrogens with one attached hydrogen (secondary N) is 1. The lowest BCUT2D eigenvalue weighted by atomic mass is 10.2. The lowest BCUT2D eigenvalue weighted by Crippen LogP contribution is -2.33. The lowest BCUT2D eigenvalue weighted by molar-refractivity contribution is 0.0711. The molecule has 0 saturated carbocycles. The van der Waals surface area contributed by atoms with Gasteiger partial charge in [0.15, 0.2) is 0 Å². The van der Waals surface area contributed by atoms with E-state index in [-0.39, 0.29) is 22.0 Å². The number of rotatable bonds is 7. The van der Waals surface area contributed by atoms with E-state index in [1.807, 2.05) is 30.3 Å². The topological polar surface area (TPSA) is 95.9 Å². The van der Waals surface area contributed by atoms with E-state index >= 15 is 0 Å². The first kappa shape index (κ1) is 20.8. The molecule has 0 bridgehead atoms. The van der Waals surface area contributed by atoms with Crippen LogP contribution in [0.4, 0.5) is 5.69 Å². The summed E-state index contributed by atoms with van der Waals surface area (Å²) < 4.78 is 33.4. The van der Waals surface area contributed by atoms with Crippen molar-refractivity contribution >= 4 is 33.0 Å². The minimum Gasteiger partial charge on any atom is -0.497 e. The largest absolute Gasteiger partial charge is 0.497 e. The van der Waals surface area contributed by atoms with Gasteiger partial charge in [-0.15, -0.1) is 11.3 Å². The number of hydroxylamine groups is 1. The van der Waals surface area contributed by atoms with Crippen LogP contribution in [-0.2, 0) is 16.6 Å². The van der Waals surface area contributed by atoms with E-state index in [0.29, 0.717) is 11.3 Å². The molecule has 2 N–H and O–H groups in total.